The molecule has 0 unspecified atom stereocenters. The van der Waals surface area contributed by atoms with Gasteiger partial charge >= 0.3 is 0 Å². The molecule has 0 spiro atoms. The Labute approximate surface area is 149 Å². The van der Waals surface area contributed by atoms with Crippen molar-refractivity contribution < 1.29 is 14.3 Å². The third-order valence-corrected chi connectivity index (χ3v) is 4.78. The van der Waals surface area contributed by atoms with Crippen molar-refractivity contribution in [3.8, 4) is 16.9 Å². The average Bonchev–Trinajstić information content (AvgIpc) is 2.67. The number of nitrogens with zero attached hydrogens (tertiary/aromatic N) is 2. The Bertz CT molecular complexity index is 1100. The van der Waals surface area contributed by atoms with Crippen molar-refractivity contribution in [2.45, 2.75) is 19.4 Å². The van der Waals surface area contributed by atoms with Crippen LogP contribution in [-0.2, 0) is 6.54 Å². The molecule has 0 saturated carbocycles. The molecule has 1 aliphatic heterocycles. The van der Waals surface area contributed by atoms with Crippen molar-refractivity contribution in [3.63, 3.8) is 0 Å². The number of hydrogen-bond acceptors (Lipinski definition) is 4. The zero-order chi connectivity index (χ0) is 18.3. The summed E-state index contributed by atoms with van der Waals surface area (Å²) < 4.78 is 20.8. The van der Waals surface area contributed by atoms with E-state index in [4.69, 9.17) is 4.74 Å². The molecule has 5 nitrogen and oxygen atoms in total. The van der Waals surface area contributed by atoms with E-state index in [-0.39, 0.29) is 11.4 Å². The molecule has 2 heterocycles. The summed E-state index contributed by atoms with van der Waals surface area (Å²) in [6.45, 7) is 0.525. The molecule has 0 amide bonds. The minimum atomic E-state index is -0.373. The lowest BCUT2D eigenvalue weighted by atomic mass is 9.91. The number of pyridine rings is 1. The highest BCUT2D eigenvalue weighted by Gasteiger charge is 2.25. The van der Waals surface area contributed by atoms with Crippen LogP contribution in [0, 0.1) is 5.82 Å². The SMILES string of the molecule is COc1ccc2c(=O)n3c(c(-c4cccc(F)c4)c2c1)/C(=N\O)CCC3. The molecule has 0 fully saturated rings. The summed E-state index contributed by atoms with van der Waals surface area (Å²) in [7, 11) is 1.55. The van der Waals surface area contributed by atoms with Crippen LogP contribution in [0.5, 0.6) is 5.75 Å². The molecule has 0 radical (unpaired) electrons. The molecule has 0 aliphatic carbocycles. The lowest BCUT2D eigenvalue weighted by molar-refractivity contribution is 0.316. The largest absolute Gasteiger partial charge is 0.497 e. The molecule has 3 aromatic rings. The number of benzene rings is 2. The summed E-state index contributed by atoms with van der Waals surface area (Å²) in [4.78, 5) is 13.0. The zero-order valence-electron chi connectivity index (χ0n) is 14.2. The van der Waals surface area contributed by atoms with Crippen LogP contribution in [0.2, 0.25) is 0 Å². The lowest BCUT2D eigenvalue weighted by Gasteiger charge is -2.24. The second-order valence-corrected chi connectivity index (χ2v) is 6.25. The maximum atomic E-state index is 13.9. The second-order valence-electron chi connectivity index (χ2n) is 6.25. The topological polar surface area (TPSA) is 63.8 Å². The van der Waals surface area contributed by atoms with Gasteiger partial charge in [-0.3, -0.25) is 4.79 Å². The Kier molecular flexibility index (Phi) is 3.95. The monoisotopic (exact) mass is 352 g/mol. The van der Waals surface area contributed by atoms with E-state index in [9.17, 15) is 14.4 Å². The number of halogens is 1. The van der Waals surface area contributed by atoms with Gasteiger partial charge in [-0.25, -0.2) is 4.39 Å². The first-order valence-electron chi connectivity index (χ1n) is 8.36. The van der Waals surface area contributed by atoms with Crippen LogP contribution < -0.4 is 10.3 Å². The molecule has 1 aromatic heterocycles. The van der Waals surface area contributed by atoms with Gasteiger partial charge in [-0.15, -0.1) is 0 Å². The Morgan fingerprint density at radius 1 is 1.19 bits per heavy atom. The Morgan fingerprint density at radius 3 is 2.77 bits per heavy atom. The standard InChI is InChI=1S/C20H17FN2O3/c1-26-14-7-8-15-16(11-14)18(12-4-2-5-13(21)10-12)19-17(22-25)6-3-9-23(19)20(15)24/h2,4-5,7-8,10-11,25H,3,6,9H2,1H3/b22-17-. The van der Waals surface area contributed by atoms with Crippen molar-refractivity contribution in [1.29, 1.82) is 0 Å². The van der Waals surface area contributed by atoms with Gasteiger partial charge in [0.2, 0.25) is 0 Å². The fraction of sp³-hybridized carbons (Fsp3) is 0.200. The number of aromatic nitrogens is 1. The van der Waals surface area contributed by atoms with Crippen molar-refractivity contribution in [2.75, 3.05) is 7.11 Å². The van der Waals surface area contributed by atoms with Crippen LogP contribution in [0.1, 0.15) is 18.5 Å². The summed E-state index contributed by atoms with van der Waals surface area (Å²) in [5.74, 6) is 0.222. The van der Waals surface area contributed by atoms with E-state index in [1.54, 1.807) is 42.0 Å². The highest BCUT2D eigenvalue weighted by molar-refractivity contribution is 6.11. The highest BCUT2D eigenvalue weighted by Crippen LogP contribution is 2.35. The van der Waals surface area contributed by atoms with Gasteiger partial charge in [0.1, 0.15) is 17.3 Å². The maximum Gasteiger partial charge on any atom is 0.258 e. The first kappa shape index (κ1) is 16.3. The fourth-order valence-corrected chi connectivity index (χ4v) is 3.62. The normalized spacial score (nSPS) is 15.2. The molecular formula is C20H17FN2O3. The van der Waals surface area contributed by atoms with E-state index in [1.165, 1.54) is 12.1 Å². The third kappa shape index (κ3) is 2.45. The van der Waals surface area contributed by atoms with Crippen molar-refractivity contribution >= 4 is 16.5 Å². The van der Waals surface area contributed by atoms with Crippen molar-refractivity contribution in [2.24, 2.45) is 5.16 Å². The van der Waals surface area contributed by atoms with E-state index in [0.29, 0.717) is 58.4 Å². The van der Waals surface area contributed by atoms with Crippen LogP contribution >= 0.6 is 0 Å². The minimum absolute atomic E-state index is 0.154. The zero-order valence-corrected chi connectivity index (χ0v) is 14.2. The summed E-state index contributed by atoms with van der Waals surface area (Å²) in [6, 6.07) is 11.4. The van der Waals surface area contributed by atoms with Gasteiger partial charge in [-0.2, -0.15) is 0 Å². The fourth-order valence-electron chi connectivity index (χ4n) is 3.62. The van der Waals surface area contributed by atoms with Crippen LogP contribution in [-0.4, -0.2) is 22.6 Å². The Balaban J connectivity index is 2.22. The average molecular weight is 352 g/mol. The number of fused-ring (bicyclic) bond motifs is 2. The van der Waals surface area contributed by atoms with E-state index >= 15 is 0 Å². The van der Waals surface area contributed by atoms with Gasteiger partial charge in [0.15, 0.2) is 0 Å². The summed E-state index contributed by atoms with van der Waals surface area (Å²) in [5, 5.41) is 14.1. The molecule has 26 heavy (non-hydrogen) atoms. The maximum absolute atomic E-state index is 13.9. The first-order valence-corrected chi connectivity index (χ1v) is 8.36. The van der Waals surface area contributed by atoms with Gasteiger partial charge in [-0.1, -0.05) is 17.3 Å². The van der Waals surface area contributed by atoms with E-state index in [1.807, 2.05) is 0 Å². The predicted molar refractivity (Wildman–Crippen MR) is 97.7 cm³/mol. The van der Waals surface area contributed by atoms with Gasteiger partial charge in [0.25, 0.3) is 5.56 Å². The first-order chi connectivity index (χ1) is 12.6. The molecule has 0 atom stereocenters. The predicted octanol–water partition coefficient (Wildman–Crippen LogP) is 3.79. The summed E-state index contributed by atoms with van der Waals surface area (Å²) in [6.07, 6.45) is 1.25. The van der Waals surface area contributed by atoms with Crippen molar-refractivity contribution in [3.05, 3.63) is 64.3 Å². The van der Waals surface area contributed by atoms with Gasteiger partial charge in [0.05, 0.1) is 12.8 Å². The quantitative estimate of drug-likeness (QED) is 0.564. The second kappa shape index (κ2) is 6.29. The molecule has 1 N–H and O–H groups in total. The van der Waals surface area contributed by atoms with Crippen LogP contribution in [0.3, 0.4) is 0 Å². The van der Waals surface area contributed by atoms with Crippen molar-refractivity contribution in [1.82, 2.24) is 4.57 Å². The number of oxime groups is 1. The number of rotatable bonds is 2. The molecule has 2 aromatic carbocycles. The van der Waals surface area contributed by atoms with Crippen LogP contribution in [0.25, 0.3) is 21.9 Å². The molecule has 6 heteroatoms. The van der Waals surface area contributed by atoms with Crippen LogP contribution in [0.15, 0.2) is 52.4 Å². The highest BCUT2D eigenvalue weighted by atomic mass is 19.1. The lowest BCUT2D eigenvalue weighted by Crippen LogP contribution is -2.31. The van der Waals surface area contributed by atoms with Crippen LogP contribution in [0.4, 0.5) is 4.39 Å². The third-order valence-electron chi connectivity index (χ3n) is 4.78. The molecule has 4 rings (SSSR count). The van der Waals surface area contributed by atoms with E-state index in [0.717, 1.165) is 0 Å². The molecule has 132 valence electrons. The Hall–Kier alpha value is -3.15. The molecular weight excluding hydrogens is 335 g/mol. The summed E-state index contributed by atoms with van der Waals surface area (Å²) >= 11 is 0. The summed E-state index contributed by atoms with van der Waals surface area (Å²) in [5.41, 5.74) is 2.10. The smallest absolute Gasteiger partial charge is 0.258 e. The minimum Gasteiger partial charge on any atom is -0.497 e. The Morgan fingerprint density at radius 2 is 2.04 bits per heavy atom. The number of methoxy groups -OCH3 is 1. The van der Waals surface area contributed by atoms with Gasteiger partial charge < -0.3 is 14.5 Å². The van der Waals surface area contributed by atoms with Gasteiger partial charge in [-0.05, 0) is 48.7 Å². The molecule has 0 bridgehead atoms. The molecule has 0 saturated heterocycles. The van der Waals surface area contributed by atoms with Gasteiger partial charge in [0, 0.05) is 22.9 Å². The molecule has 1 aliphatic rings. The number of hydrogen-bond donors (Lipinski definition) is 1. The number of ether oxygens (including phenoxy) is 1. The van der Waals surface area contributed by atoms with E-state index < -0.39 is 0 Å². The van der Waals surface area contributed by atoms with E-state index in [2.05, 4.69) is 5.16 Å².